The van der Waals surface area contributed by atoms with Crippen molar-refractivity contribution in [3.8, 4) is 0 Å². The molecule has 3 heterocycles. The Balaban J connectivity index is 1.56. The van der Waals surface area contributed by atoms with E-state index < -0.39 is 0 Å². The molecule has 1 atom stereocenters. The number of nitrogens with zero attached hydrogens (tertiary/aromatic N) is 3. The molecule has 0 saturated carbocycles. The Bertz CT molecular complexity index is 843. The third kappa shape index (κ3) is 2.63. The molecule has 4 rings (SSSR count). The van der Waals surface area contributed by atoms with Gasteiger partial charge in [-0.05, 0) is 50.8 Å². The van der Waals surface area contributed by atoms with Crippen LogP contribution in [0.5, 0.6) is 0 Å². The number of carbonyl (C=O) groups excluding carboxylic acids is 1. The summed E-state index contributed by atoms with van der Waals surface area (Å²) in [7, 11) is 0. The maximum absolute atomic E-state index is 12.6. The number of aromatic nitrogens is 3. The SMILES string of the molecule is CC(NC(=O)c1cccc2ccnn12)c1nc2c(s1)CCCC2. The van der Waals surface area contributed by atoms with Crippen LogP contribution in [0.3, 0.4) is 0 Å². The van der Waals surface area contributed by atoms with E-state index in [4.69, 9.17) is 4.98 Å². The Morgan fingerprint density at radius 2 is 2.17 bits per heavy atom. The number of aryl methyl sites for hydroxylation is 2. The predicted octanol–water partition coefficient (Wildman–Crippen LogP) is 3.16. The van der Waals surface area contributed by atoms with Crippen LogP contribution in [0.25, 0.3) is 5.52 Å². The van der Waals surface area contributed by atoms with Gasteiger partial charge >= 0.3 is 0 Å². The highest BCUT2D eigenvalue weighted by molar-refractivity contribution is 7.11. The molecule has 1 N–H and O–H groups in total. The Morgan fingerprint density at radius 3 is 3.04 bits per heavy atom. The lowest BCUT2D eigenvalue weighted by atomic mass is 10.0. The zero-order valence-corrected chi connectivity index (χ0v) is 13.8. The predicted molar refractivity (Wildman–Crippen MR) is 89.8 cm³/mol. The standard InChI is InChI=1S/C17H18N4OS/c1-11(17-20-13-6-2-3-8-15(13)23-17)19-16(22)14-7-4-5-12-9-10-18-21(12)14/h4-5,7,9-11H,2-3,6,8H2,1H3,(H,19,22). The molecule has 1 aliphatic carbocycles. The maximum Gasteiger partial charge on any atom is 0.270 e. The number of carbonyl (C=O) groups is 1. The summed E-state index contributed by atoms with van der Waals surface area (Å²) in [4.78, 5) is 18.7. The highest BCUT2D eigenvalue weighted by Crippen LogP contribution is 2.29. The molecule has 118 valence electrons. The second-order valence-corrected chi connectivity index (χ2v) is 7.02. The number of thiazole rings is 1. The Morgan fingerprint density at radius 1 is 1.30 bits per heavy atom. The molecule has 1 aliphatic rings. The summed E-state index contributed by atoms with van der Waals surface area (Å²) in [6, 6.07) is 7.38. The van der Waals surface area contributed by atoms with Crippen LogP contribution in [-0.4, -0.2) is 20.5 Å². The van der Waals surface area contributed by atoms with Crippen molar-refractivity contribution >= 4 is 22.8 Å². The van der Waals surface area contributed by atoms with E-state index in [1.807, 2.05) is 25.1 Å². The fourth-order valence-corrected chi connectivity index (χ4v) is 4.17. The first-order valence-corrected chi connectivity index (χ1v) is 8.76. The summed E-state index contributed by atoms with van der Waals surface area (Å²) < 4.78 is 1.66. The van der Waals surface area contributed by atoms with E-state index in [1.165, 1.54) is 23.4 Å². The molecule has 0 aromatic carbocycles. The molecule has 23 heavy (non-hydrogen) atoms. The first-order chi connectivity index (χ1) is 11.2. The monoisotopic (exact) mass is 326 g/mol. The van der Waals surface area contributed by atoms with Crippen LogP contribution in [0.2, 0.25) is 0 Å². The topological polar surface area (TPSA) is 59.3 Å². The maximum atomic E-state index is 12.6. The van der Waals surface area contributed by atoms with Gasteiger partial charge in [0.25, 0.3) is 5.91 Å². The minimum Gasteiger partial charge on any atom is -0.342 e. The number of hydrogen-bond donors (Lipinski definition) is 1. The van der Waals surface area contributed by atoms with Gasteiger partial charge in [-0.25, -0.2) is 9.50 Å². The molecule has 5 nitrogen and oxygen atoms in total. The van der Waals surface area contributed by atoms with E-state index in [0.29, 0.717) is 5.69 Å². The van der Waals surface area contributed by atoms with Crippen molar-refractivity contribution in [1.82, 2.24) is 19.9 Å². The minimum atomic E-state index is -0.125. The number of hydrogen-bond acceptors (Lipinski definition) is 4. The smallest absolute Gasteiger partial charge is 0.270 e. The van der Waals surface area contributed by atoms with Gasteiger partial charge in [0.1, 0.15) is 10.7 Å². The summed E-state index contributed by atoms with van der Waals surface area (Å²) in [6.45, 7) is 1.99. The van der Waals surface area contributed by atoms with Crippen LogP contribution in [0.4, 0.5) is 0 Å². The van der Waals surface area contributed by atoms with E-state index in [2.05, 4.69) is 10.4 Å². The van der Waals surface area contributed by atoms with Gasteiger partial charge in [0, 0.05) is 4.88 Å². The molecule has 0 spiro atoms. The average Bonchev–Trinajstić information content (AvgIpc) is 3.20. The first-order valence-electron chi connectivity index (χ1n) is 7.94. The number of rotatable bonds is 3. The van der Waals surface area contributed by atoms with E-state index in [1.54, 1.807) is 28.1 Å². The fourth-order valence-electron chi connectivity index (χ4n) is 3.01. The lowest BCUT2D eigenvalue weighted by molar-refractivity contribution is 0.0932. The number of fused-ring (bicyclic) bond motifs is 2. The van der Waals surface area contributed by atoms with Gasteiger partial charge in [0.2, 0.25) is 0 Å². The summed E-state index contributed by atoms with van der Waals surface area (Å²) >= 11 is 1.74. The number of nitrogens with one attached hydrogen (secondary N) is 1. The van der Waals surface area contributed by atoms with Gasteiger partial charge in [0.05, 0.1) is 23.4 Å². The largest absolute Gasteiger partial charge is 0.342 e. The van der Waals surface area contributed by atoms with Crippen LogP contribution in [0.15, 0.2) is 30.5 Å². The van der Waals surface area contributed by atoms with E-state index in [0.717, 1.165) is 23.4 Å². The van der Waals surface area contributed by atoms with Gasteiger partial charge < -0.3 is 5.32 Å². The minimum absolute atomic E-state index is 0.0936. The van der Waals surface area contributed by atoms with Crippen molar-refractivity contribution in [2.45, 2.75) is 38.6 Å². The second kappa shape index (κ2) is 5.77. The Hall–Kier alpha value is -2.21. The zero-order valence-electron chi connectivity index (χ0n) is 13.0. The molecule has 0 fully saturated rings. The van der Waals surface area contributed by atoms with Crippen molar-refractivity contribution in [3.63, 3.8) is 0 Å². The van der Waals surface area contributed by atoms with Crippen LogP contribution in [0, 0.1) is 0 Å². The third-order valence-electron chi connectivity index (χ3n) is 4.23. The molecule has 0 aliphatic heterocycles. The summed E-state index contributed by atoms with van der Waals surface area (Å²) in [5.41, 5.74) is 2.68. The normalized spacial score (nSPS) is 15.3. The van der Waals surface area contributed by atoms with Crippen LogP contribution in [0.1, 0.15) is 51.9 Å². The van der Waals surface area contributed by atoms with E-state index in [9.17, 15) is 4.79 Å². The van der Waals surface area contributed by atoms with Gasteiger partial charge in [-0.2, -0.15) is 5.10 Å². The number of amides is 1. The summed E-state index contributed by atoms with van der Waals surface area (Å²) in [5.74, 6) is -0.125. The molecule has 3 aromatic heterocycles. The Labute approximate surface area is 138 Å². The Kier molecular flexibility index (Phi) is 3.61. The first kappa shape index (κ1) is 14.4. The molecule has 3 aromatic rings. The summed E-state index contributed by atoms with van der Waals surface area (Å²) in [5, 5.41) is 8.27. The van der Waals surface area contributed by atoms with Gasteiger partial charge in [0.15, 0.2) is 0 Å². The van der Waals surface area contributed by atoms with Crippen molar-refractivity contribution in [3.05, 3.63) is 51.7 Å². The van der Waals surface area contributed by atoms with Crippen LogP contribution < -0.4 is 5.32 Å². The molecular formula is C17H18N4OS. The van der Waals surface area contributed by atoms with Crippen molar-refractivity contribution < 1.29 is 4.79 Å². The molecule has 0 bridgehead atoms. The lowest BCUT2D eigenvalue weighted by Gasteiger charge is -2.12. The second-order valence-electron chi connectivity index (χ2n) is 5.90. The molecule has 1 amide bonds. The zero-order chi connectivity index (χ0) is 15.8. The highest BCUT2D eigenvalue weighted by atomic mass is 32.1. The number of pyridine rings is 1. The third-order valence-corrected chi connectivity index (χ3v) is 5.57. The molecule has 6 heteroatoms. The van der Waals surface area contributed by atoms with Crippen molar-refractivity contribution in [2.24, 2.45) is 0 Å². The van der Waals surface area contributed by atoms with E-state index in [-0.39, 0.29) is 11.9 Å². The van der Waals surface area contributed by atoms with Gasteiger partial charge in [-0.3, -0.25) is 4.79 Å². The van der Waals surface area contributed by atoms with Gasteiger partial charge in [-0.15, -0.1) is 11.3 Å². The average molecular weight is 326 g/mol. The molecule has 0 radical (unpaired) electrons. The van der Waals surface area contributed by atoms with Gasteiger partial charge in [-0.1, -0.05) is 6.07 Å². The fraction of sp³-hybridized carbons (Fsp3) is 0.353. The van der Waals surface area contributed by atoms with Crippen molar-refractivity contribution in [2.75, 3.05) is 0 Å². The summed E-state index contributed by atoms with van der Waals surface area (Å²) in [6.07, 6.45) is 6.36. The van der Waals surface area contributed by atoms with Crippen molar-refractivity contribution in [1.29, 1.82) is 0 Å². The van der Waals surface area contributed by atoms with E-state index >= 15 is 0 Å². The molecular weight excluding hydrogens is 308 g/mol. The highest BCUT2D eigenvalue weighted by Gasteiger charge is 2.20. The molecule has 0 saturated heterocycles. The van der Waals surface area contributed by atoms with Crippen LogP contribution in [-0.2, 0) is 12.8 Å². The van der Waals surface area contributed by atoms with Crippen LogP contribution >= 0.6 is 11.3 Å². The molecule has 1 unspecified atom stereocenters. The quantitative estimate of drug-likeness (QED) is 0.804. The lowest BCUT2D eigenvalue weighted by Crippen LogP contribution is -2.28.